The Balaban J connectivity index is 1.71. The summed E-state index contributed by atoms with van der Waals surface area (Å²) in [5, 5.41) is 5.31. The molecule has 2 aromatic rings. The van der Waals surface area contributed by atoms with Crippen molar-refractivity contribution in [2.24, 2.45) is 18.7 Å². The number of aryl methyl sites for hydroxylation is 1. The smallest absolute Gasteiger partial charge is 0.163 e. The molecule has 0 saturated carbocycles. The van der Waals surface area contributed by atoms with Gasteiger partial charge in [0.05, 0.1) is 11.6 Å². The van der Waals surface area contributed by atoms with Crippen LogP contribution in [0.1, 0.15) is 6.92 Å². The van der Waals surface area contributed by atoms with Gasteiger partial charge in [-0.25, -0.2) is 9.97 Å². The van der Waals surface area contributed by atoms with Crippen molar-refractivity contribution in [1.82, 2.24) is 24.6 Å². The average molecular weight is 289 g/mol. The van der Waals surface area contributed by atoms with Crippen LogP contribution in [0.4, 0.5) is 5.82 Å². The number of piperazine rings is 1. The van der Waals surface area contributed by atoms with Crippen molar-refractivity contribution in [2.45, 2.75) is 6.92 Å². The highest BCUT2D eigenvalue weighted by atomic mass is 15.3. The lowest BCUT2D eigenvalue weighted by atomic mass is 10.1. The van der Waals surface area contributed by atoms with E-state index in [4.69, 9.17) is 5.73 Å². The van der Waals surface area contributed by atoms with E-state index in [0.29, 0.717) is 5.92 Å². The van der Waals surface area contributed by atoms with Gasteiger partial charge in [0.25, 0.3) is 0 Å². The molecule has 21 heavy (non-hydrogen) atoms. The first kappa shape index (κ1) is 14.2. The molecule has 1 aliphatic heterocycles. The summed E-state index contributed by atoms with van der Waals surface area (Å²) in [5.74, 6) is 1.56. The molecular formula is C14H23N7. The summed E-state index contributed by atoms with van der Waals surface area (Å²) in [4.78, 5) is 13.6. The first-order chi connectivity index (χ1) is 10.2. The molecule has 3 rings (SSSR count). The van der Waals surface area contributed by atoms with Gasteiger partial charge in [0.15, 0.2) is 5.65 Å². The Morgan fingerprint density at radius 1 is 1.24 bits per heavy atom. The maximum Gasteiger partial charge on any atom is 0.163 e. The highest BCUT2D eigenvalue weighted by molar-refractivity contribution is 5.86. The number of hydrogen-bond donors (Lipinski definition) is 1. The molecule has 0 spiro atoms. The third kappa shape index (κ3) is 2.84. The number of nitrogens with two attached hydrogens (primary N) is 1. The lowest BCUT2D eigenvalue weighted by Gasteiger charge is -2.36. The molecule has 0 aromatic carbocycles. The van der Waals surface area contributed by atoms with E-state index in [2.05, 4.69) is 31.8 Å². The van der Waals surface area contributed by atoms with Crippen LogP contribution in [0.3, 0.4) is 0 Å². The van der Waals surface area contributed by atoms with Crippen molar-refractivity contribution in [3.05, 3.63) is 12.5 Å². The van der Waals surface area contributed by atoms with Gasteiger partial charge in [-0.3, -0.25) is 9.58 Å². The van der Waals surface area contributed by atoms with Gasteiger partial charge < -0.3 is 10.6 Å². The minimum atomic E-state index is 0.556. The topological polar surface area (TPSA) is 76.1 Å². The van der Waals surface area contributed by atoms with Gasteiger partial charge in [-0.05, 0) is 12.5 Å². The zero-order valence-corrected chi connectivity index (χ0v) is 12.7. The number of fused-ring (bicyclic) bond motifs is 1. The van der Waals surface area contributed by atoms with Gasteiger partial charge in [-0.15, -0.1) is 0 Å². The Labute approximate surface area is 124 Å². The molecule has 0 radical (unpaired) electrons. The van der Waals surface area contributed by atoms with Gasteiger partial charge in [0.1, 0.15) is 12.1 Å². The molecule has 0 aliphatic carbocycles. The molecule has 0 amide bonds. The highest BCUT2D eigenvalue weighted by Gasteiger charge is 2.21. The van der Waals surface area contributed by atoms with E-state index >= 15 is 0 Å². The zero-order chi connectivity index (χ0) is 14.8. The molecule has 0 bridgehead atoms. The van der Waals surface area contributed by atoms with E-state index in [0.717, 1.165) is 56.1 Å². The molecule has 2 N–H and O–H groups in total. The monoisotopic (exact) mass is 289 g/mol. The van der Waals surface area contributed by atoms with Crippen molar-refractivity contribution in [2.75, 3.05) is 44.2 Å². The van der Waals surface area contributed by atoms with Gasteiger partial charge in [-0.2, -0.15) is 5.10 Å². The summed E-state index contributed by atoms with van der Waals surface area (Å²) in [7, 11) is 1.91. The summed E-state index contributed by atoms with van der Waals surface area (Å²) < 4.78 is 1.79. The van der Waals surface area contributed by atoms with Gasteiger partial charge >= 0.3 is 0 Å². The molecule has 1 saturated heterocycles. The predicted molar refractivity (Wildman–Crippen MR) is 83.2 cm³/mol. The molecule has 1 fully saturated rings. The van der Waals surface area contributed by atoms with Crippen LogP contribution in [0.15, 0.2) is 12.5 Å². The normalized spacial score (nSPS) is 18.3. The Hall–Kier alpha value is -1.73. The number of nitrogens with zero attached hydrogens (tertiary/aromatic N) is 6. The van der Waals surface area contributed by atoms with Crippen LogP contribution in [0.25, 0.3) is 11.0 Å². The molecular weight excluding hydrogens is 266 g/mol. The second-order valence-corrected chi connectivity index (χ2v) is 5.83. The summed E-state index contributed by atoms with van der Waals surface area (Å²) in [6, 6.07) is 0. The maximum atomic E-state index is 5.71. The molecule has 2 aromatic heterocycles. The fourth-order valence-corrected chi connectivity index (χ4v) is 2.86. The Morgan fingerprint density at radius 3 is 2.71 bits per heavy atom. The second-order valence-electron chi connectivity index (χ2n) is 5.83. The van der Waals surface area contributed by atoms with E-state index < -0.39 is 0 Å². The van der Waals surface area contributed by atoms with Gasteiger partial charge in [0, 0.05) is 39.8 Å². The summed E-state index contributed by atoms with van der Waals surface area (Å²) in [6.07, 6.45) is 3.48. The summed E-state index contributed by atoms with van der Waals surface area (Å²) >= 11 is 0. The number of hydrogen-bond acceptors (Lipinski definition) is 6. The molecule has 3 heterocycles. The third-order valence-corrected chi connectivity index (χ3v) is 4.15. The lowest BCUT2D eigenvalue weighted by molar-refractivity contribution is 0.227. The van der Waals surface area contributed by atoms with Crippen LogP contribution in [0, 0.1) is 5.92 Å². The highest BCUT2D eigenvalue weighted by Crippen LogP contribution is 2.23. The van der Waals surface area contributed by atoms with E-state index in [1.807, 2.05) is 13.2 Å². The first-order valence-corrected chi connectivity index (χ1v) is 7.49. The van der Waals surface area contributed by atoms with Crippen LogP contribution in [-0.2, 0) is 7.05 Å². The van der Waals surface area contributed by atoms with E-state index in [1.54, 1.807) is 11.0 Å². The summed E-state index contributed by atoms with van der Waals surface area (Å²) in [6.45, 7) is 8.11. The Bertz CT molecular complexity index is 600. The molecule has 7 nitrogen and oxygen atoms in total. The van der Waals surface area contributed by atoms with Crippen LogP contribution < -0.4 is 10.6 Å². The molecule has 114 valence electrons. The van der Waals surface area contributed by atoms with Crippen LogP contribution in [-0.4, -0.2) is 63.9 Å². The Kier molecular flexibility index (Phi) is 4.03. The van der Waals surface area contributed by atoms with Crippen molar-refractivity contribution >= 4 is 16.9 Å². The van der Waals surface area contributed by atoms with Crippen LogP contribution in [0.5, 0.6) is 0 Å². The fraction of sp³-hybridized carbons (Fsp3) is 0.643. The first-order valence-electron chi connectivity index (χ1n) is 7.49. The van der Waals surface area contributed by atoms with Crippen molar-refractivity contribution < 1.29 is 0 Å². The zero-order valence-electron chi connectivity index (χ0n) is 12.7. The number of rotatable bonds is 4. The molecule has 1 atom stereocenters. The van der Waals surface area contributed by atoms with Crippen LogP contribution in [0.2, 0.25) is 0 Å². The molecule has 1 unspecified atom stereocenters. The molecule has 7 heteroatoms. The van der Waals surface area contributed by atoms with Gasteiger partial charge in [-0.1, -0.05) is 6.92 Å². The van der Waals surface area contributed by atoms with Crippen molar-refractivity contribution in [3.63, 3.8) is 0 Å². The third-order valence-electron chi connectivity index (χ3n) is 4.15. The number of aromatic nitrogens is 4. The van der Waals surface area contributed by atoms with E-state index in [9.17, 15) is 0 Å². The number of anilines is 1. The average Bonchev–Trinajstić information content (AvgIpc) is 2.90. The minimum Gasteiger partial charge on any atom is -0.353 e. The minimum absolute atomic E-state index is 0.556. The maximum absolute atomic E-state index is 5.71. The second kappa shape index (κ2) is 5.95. The predicted octanol–water partition coefficient (Wildman–Crippen LogP) is 0.0801. The Morgan fingerprint density at radius 2 is 2.00 bits per heavy atom. The molecule has 1 aliphatic rings. The quantitative estimate of drug-likeness (QED) is 0.859. The fourth-order valence-electron chi connectivity index (χ4n) is 2.86. The summed E-state index contributed by atoms with van der Waals surface area (Å²) in [5.41, 5.74) is 6.60. The lowest BCUT2D eigenvalue weighted by Crippen LogP contribution is -2.48. The van der Waals surface area contributed by atoms with Crippen LogP contribution >= 0.6 is 0 Å². The standard InChI is InChI=1S/C14H23N7/c1-11(7-15)9-20-3-5-21(6-4-20)14-12-8-18-19(2)13(12)16-10-17-14/h8,10-11H,3-7,9,15H2,1-2H3. The van der Waals surface area contributed by atoms with Crippen molar-refractivity contribution in [1.29, 1.82) is 0 Å². The SMILES string of the molecule is CC(CN)CN1CCN(c2ncnc3c2cnn3C)CC1. The van der Waals surface area contributed by atoms with Gasteiger partial charge in [0.2, 0.25) is 0 Å². The van der Waals surface area contributed by atoms with E-state index in [1.165, 1.54) is 0 Å². The largest absolute Gasteiger partial charge is 0.353 e. The van der Waals surface area contributed by atoms with E-state index in [-0.39, 0.29) is 0 Å². The van der Waals surface area contributed by atoms with Crippen molar-refractivity contribution in [3.8, 4) is 0 Å².